The summed E-state index contributed by atoms with van der Waals surface area (Å²) in [7, 11) is 0. The van der Waals surface area contributed by atoms with Gasteiger partial charge in [-0.1, -0.05) is 0 Å². The highest BCUT2D eigenvalue weighted by atomic mass is 16.9. The molecule has 0 bridgehead atoms. The van der Waals surface area contributed by atoms with Crippen LogP contribution in [-0.4, -0.2) is 155 Å². The Hall–Kier alpha value is -1.58. The van der Waals surface area contributed by atoms with Crippen LogP contribution in [0.2, 0.25) is 0 Å². The van der Waals surface area contributed by atoms with Gasteiger partial charge in [0.15, 0.2) is 18.3 Å². The third kappa shape index (κ3) is 4.95. The van der Waals surface area contributed by atoms with Gasteiger partial charge in [-0.2, -0.15) is 0 Å². The monoisotopic (exact) mass is 490 g/mol. The molecule has 3 unspecified atom stereocenters. The van der Waals surface area contributed by atoms with Gasteiger partial charge in [0.1, 0.15) is 43.2 Å². The van der Waals surface area contributed by atoms with Gasteiger partial charge in [-0.05, 0) is 0 Å². The normalized spacial score (nSPS) is 43.2. The van der Waals surface area contributed by atoms with Gasteiger partial charge in [0.05, 0.1) is 13.2 Å². The molecule has 0 saturated carbocycles. The molecule has 2 saturated heterocycles. The van der Waals surface area contributed by atoms with Gasteiger partial charge in [0.2, 0.25) is 5.79 Å². The summed E-state index contributed by atoms with van der Waals surface area (Å²) in [6.45, 7) is -3.41. The number of esters is 1. The van der Waals surface area contributed by atoms with Crippen molar-refractivity contribution >= 4 is 11.9 Å². The molecule has 2 aliphatic rings. The molecule has 33 heavy (non-hydrogen) atoms. The van der Waals surface area contributed by atoms with Crippen LogP contribution in [0.1, 0.15) is 0 Å². The van der Waals surface area contributed by atoms with Gasteiger partial charge in [0.25, 0.3) is 0 Å². The smallest absolute Gasteiger partial charge is 0.362 e. The summed E-state index contributed by atoms with van der Waals surface area (Å²) in [6, 6.07) is 0. The third-order valence-corrected chi connectivity index (χ3v) is 5.17. The predicted octanol–water partition coefficient (Wildman–Crippen LogP) is -7.72. The molecule has 17 nitrogen and oxygen atoms in total. The van der Waals surface area contributed by atoms with Crippen LogP contribution in [0.3, 0.4) is 0 Å². The van der Waals surface area contributed by atoms with Crippen molar-refractivity contribution in [3.8, 4) is 0 Å². The Bertz CT molecular complexity index is 703. The van der Waals surface area contributed by atoms with Crippen molar-refractivity contribution in [1.29, 1.82) is 0 Å². The average Bonchev–Trinajstić information content (AvgIpc) is 3.03. The lowest BCUT2D eigenvalue weighted by Crippen LogP contribution is -2.71. The van der Waals surface area contributed by atoms with Crippen molar-refractivity contribution in [2.24, 2.45) is 0 Å². The fourth-order valence-electron chi connectivity index (χ4n) is 3.26. The molecule has 0 amide bonds. The largest absolute Gasteiger partial charge is 0.479 e. The molecule has 2 rings (SSSR count). The molecule has 0 aromatic carbocycles. The van der Waals surface area contributed by atoms with E-state index >= 15 is 0 Å². The standard InChI is InChI=1S/C16H26O17/c17-1-4-6(20)8(22)12(26)16(31-4,32-14(29)10(24)9(23)13(27)28)33-15(3-19)11(25)7(21)5(2-18)30-15/h4-12,17-26H,1-3H2,(H,27,28)/t4-,5-,6-,7-,8+,9?,10?,11+,12-,15?,16+/m1/s1. The number of carboxylic acids is 1. The van der Waals surface area contributed by atoms with E-state index in [0.29, 0.717) is 0 Å². The van der Waals surface area contributed by atoms with Crippen molar-refractivity contribution in [1.82, 2.24) is 0 Å². The molecular formula is C16H26O17. The fourth-order valence-corrected chi connectivity index (χ4v) is 3.26. The van der Waals surface area contributed by atoms with E-state index in [2.05, 4.69) is 4.74 Å². The van der Waals surface area contributed by atoms with Crippen LogP contribution in [0.5, 0.6) is 0 Å². The molecule has 0 spiro atoms. The summed E-state index contributed by atoms with van der Waals surface area (Å²) in [5.41, 5.74) is 0. The molecule has 0 aromatic heterocycles. The van der Waals surface area contributed by atoms with E-state index in [4.69, 9.17) is 19.3 Å². The second-order valence-corrected chi connectivity index (χ2v) is 7.36. The van der Waals surface area contributed by atoms with Gasteiger partial charge in [-0.15, -0.1) is 0 Å². The quantitative estimate of drug-likeness (QED) is 0.106. The van der Waals surface area contributed by atoms with Crippen LogP contribution in [0, 0.1) is 0 Å². The van der Waals surface area contributed by atoms with Crippen LogP contribution in [-0.2, 0) is 28.5 Å². The lowest BCUT2D eigenvalue weighted by atomic mass is 9.97. The summed E-state index contributed by atoms with van der Waals surface area (Å²) < 4.78 is 20.0. The first-order chi connectivity index (χ1) is 15.3. The van der Waals surface area contributed by atoms with E-state index in [0.717, 1.165) is 0 Å². The Morgan fingerprint density at radius 3 is 1.82 bits per heavy atom. The van der Waals surface area contributed by atoms with Gasteiger partial charge in [0, 0.05) is 0 Å². The van der Waals surface area contributed by atoms with Crippen molar-refractivity contribution in [3.63, 3.8) is 0 Å². The topological polar surface area (TPSA) is 294 Å². The Balaban J connectivity index is 2.51. The maximum absolute atomic E-state index is 12.3. The molecule has 17 heteroatoms. The third-order valence-electron chi connectivity index (χ3n) is 5.17. The molecule has 2 aliphatic heterocycles. The highest BCUT2D eigenvalue weighted by molar-refractivity contribution is 5.84. The molecule has 0 aromatic rings. The minimum atomic E-state index is -3.45. The van der Waals surface area contributed by atoms with Gasteiger partial charge in [-0.3, -0.25) is 4.74 Å². The van der Waals surface area contributed by atoms with Crippen LogP contribution < -0.4 is 0 Å². The van der Waals surface area contributed by atoms with E-state index < -0.39 is 98.5 Å². The number of aliphatic carboxylic acids is 1. The minimum absolute atomic E-state index is 0.927. The average molecular weight is 490 g/mol. The summed E-state index contributed by atoms with van der Waals surface area (Å²) in [6.07, 6.45) is -20.2. The highest BCUT2D eigenvalue weighted by Gasteiger charge is 2.66. The Morgan fingerprint density at radius 1 is 0.818 bits per heavy atom. The predicted molar refractivity (Wildman–Crippen MR) is 93.3 cm³/mol. The molecule has 192 valence electrons. The zero-order valence-corrected chi connectivity index (χ0v) is 16.7. The first-order valence-electron chi connectivity index (χ1n) is 9.41. The highest BCUT2D eigenvalue weighted by Crippen LogP contribution is 2.41. The van der Waals surface area contributed by atoms with Crippen molar-refractivity contribution < 1.29 is 84.7 Å². The first-order valence-corrected chi connectivity index (χ1v) is 9.41. The molecule has 0 aliphatic carbocycles. The number of rotatable bonds is 9. The summed E-state index contributed by atoms with van der Waals surface area (Å²) in [5, 5.41) is 107. The van der Waals surface area contributed by atoms with Crippen LogP contribution >= 0.6 is 0 Å². The number of aliphatic hydroxyl groups is 10. The number of hydrogen-bond donors (Lipinski definition) is 11. The molecule has 2 fully saturated rings. The lowest BCUT2D eigenvalue weighted by Gasteiger charge is -2.49. The lowest BCUT2D eigenvalue weighted by molar-refractivity contribution is -0.499. The van der Waals surface area contributed by atoms with E-state index in [1.165, 1.54) is 0 Å². The van der Waals surface area contributed by atoms with E-state index in [-0.39, 0.29) is 0 Å². The van der Waals surface area contributed by atoms with Crippen molar-refractivity contribution in [2.45, 2.75) is 66.7 Å². The number of carboxylic acid groups (broad SMARTS) is 1. The number of carbonyl (C=O) groups is 2. The fraction of sp³-hybridized carbons (Fsp3) is 0.875. The summed E-state index contributed by atoms with van der Waals surface area (Å²) in [5.74, 6) is -10.4. The van der Waals surface area contributed by atoms with Crippen LogP contribution in [0.4, 0.5) is 0 Å². The maximum Gasteiger partial charge on any atom is 0.362 e. The summed E-state index contributed by atoms with van der Waals surface area (Å²) >= 11 is 0. The van der Waals surface area contributed by atoms with Crippen molar-refractivity contribution in [3.05, 3.63) is 0 Å². The van der Waals surface area contributed by atoms with Gasteiger partial charge >= 0.3 is 17.9 Å². The Morgan fingerprint density at radius 2 is 1.36 bits per heavy atom. The first kappa shape index (κ1) is 27.7. The minimum Gasteiger partial charge on any atom is -0.479 e. The number of aliphatic hydroxyl groups excluding tert-OH is 10. The molecular weight excluding hydrogens is 464 g/mol. The van der Waals surface area contributed by atoms with Crippen LogP contribution in [0.15, 0.2) is 0 Å². The molecule has 11 atom stereocenters. The SMILES string of the molecule is O=C(O)C(O)C(O)C(=O)O[C@@]1(OC2(CO)O[C@H](CO)[C@@H](O)[C@@H]2O)O[C@H](CO)[C@@H](O)[C@H](O)[C@H]1O. The van der Waals surface area contributed by atoms with Crippen LogP contribution in [0.25, 0.3) is 0 Å². The molecule has 0 radical (unpaired) electrons. The number of ether oxygens (including phenoxy) is 4. The molecule has 11 N–H and O–H groups in total. The number of hydrogen-bond acceptors (Lipinski definition) is 16. The molecule has 2 heterocycles. The van der Waals surface area contributed by atoms with Gasteiger partial charge in [-0.25, -0.2) is 9.59 Å². The Kier molecular flexibility index (Phi) is 8.68. The maximum atomic E-state index is 12.3. The van der Waals surface area contributed by atoms with Crippen molar-refractivity contribution in [2.75, 3.05) is 19.8 Å². The summed E-state index contributed by atoms with van der Waals surface area (Å²) in [4.78, 5) is 23.1. The zero-order chi connectivity index (χ0) is 25.3. The Labute approximate surface area is 184 Å². The van der Waals surface area contributed by atoms with Gasteiger partial charge < -0.3 is 70.4 Å². The second kappa shape index (κ2) is 10.4. The number of carbonyl (C=O) groups excluding carboxylic acids is 1. The van der Waals surface area contributed by atoms with E-state index in [1.807, 2.05) is 0 Å². The second-order valence-electron chi connectivity index (χ2n) is 7.36. The van der Waals surface area contributed by atoms with E-state index in [9.17, 15) is 60.7 Å². The van der Waals surface area contributed by atoms with E-state index in [1.54, 1.807) is 0 Å². The zero-order valence-electron chi connectivity index (χ0n) is 16.7.